The van der Waals surface area contributed by atoms with Gasteiger partial charge < -0.3 is 15.0 Å². The van der Waals surface area contributed by atoms with Crippen molar-refractivity contribution in [2.45, 2.75) is 46.1 Å². The highest BCUT2D eigenvalue weighted by molar-refractivity contribution is 5.94. The number of hydrogen-bond donors (Lipinski definition) is 1. The maximum absolute atomic E-state index is 13.1. The third kappa shape index (κ3) is 5.73. The minimum Gasteiger partial charge on any atom is -0.380 e. The third-order valence-electron chi connectivity index (χ3n) is 5.85. The Bertz CT molecular complexity index is 1110. The summed E-state index contributed by atoms with van der Waals surface area (Å²) in [6.45, 7) is 7.88. The predicted octanol–water partition coefficient (Wildman–Crippen LogP) is 4.71. The highest BCUT2D eigenvalue weighted by Crippen LogP contribution is 2.29. The summed E-state index contributed by atoms with van der Waals surface area (Å²) in [5, 5.41) is 3.33. The number of amides is 1. The first-order chi connectivity index (χ1) is 15.9. The average molecular weight is 446 g/mol. The van der Waals surface area contributed by atoms with Crippen molar-refractivity contribution in [3.63, 3.8) is 0 Å². The normalized spacial score (nSPS) is 16.0. The first-order valence-corrected chi connectivity index (χ1v) is 11.4. The van der Waals surface area contributed by atoms with Crippen LogP contribution in [0.15, 0.2) is 42.5 Å². The Morgan fingerprint density at radius 1 is 1.03 bits per heavy atom. The number of hydrogen-bond acceptors (Lipinski definition) is 6. The lowest BCUT2D eigenvalue weighted by Crippen LogP contribution is -2.39. The number of rotatable bonds is 6. The molecular weight excluding hydrogens is 414 g/mol. The Morgan fingerprint density at radius 3 is 2.42 bits per heavy atom. The van der Waals surface area contributed by atoms with Crippen LogP contribution in [0.2, 0.25) is 0 Å². The molecule has 4 rings (SSSR count). The van der Waals surface area contributed by atoms with E-state index in [1.54, 1.807) is 7.11 Å². The fourth-order valence-electron chi connectivity index (χ4n) is 4.38. The molecule has 3 heterocycles. The van der Waals surface area contributed by atoms with E-state index in [0.29, 0.717) is 24.7 Å². The van der Waals surface area contributed by atoms with Gasteiger partial charge in [0, 0.05) is 60.1 Å². The lowest BCUT2D eigenvalue weighted by Gasteiger charge is -2.33. The second-order valence-corrected chi connectivity index (χ2v) is 8.74. The molecule has 2 aromatic heterocycles. The van der Waals surface area contributed by atoms with Crippen LogP contribution in [0.4, 0.5) is 11.6 Å². The summed E-state index contributed by atoms with van der Waals surface area (Å²) in [7, 11) is 1.67. The minimum atomic E-state index is 0.0679. The second kappa shape index (κ2) is 10.1. The van der Waals surface area contributed by atoms with Gasteiger partial charge in [-0.1, -0.05) is 12.1 Å². The van der Waals surface area contributed by atoms with Gasteiger partial charge in [-0.05, 0) is 69.5 Å². The summed E-state index contributed by atoms with van der Waals surface area (Å²) in [6, 6.07) is 13.7. The van der Waals surface area contributed by atoms with Crippen LogP contribution in [0, 0.1) is 20.8 Å². The number of carbonyl (C=O) groups is 1. The van der Waals surface area contributed by atoms with Gasteiger partial charge in [0.2, 0.25) is 5.95 Å². The van der Waals surface area contributed by atoms with Crippen molar-refractivity contribution in [3.8, 4) is 0 Å². The van der Waals surface area contributed by atoms with Crippen LogP contribution in [0.5, 0.6) is 0 Å². The van der Waals surface area contributed by atoms with Crippen molar-refractivity contribution in [3.05, 3.63) is 76.4 Å². The number of nitrogens with one attached hydrogen (secondary N) is 1. The van der Waals surface area contributed by atoms with Gasteiger partial charge in [-0.3, -0.25) is 9.78 Å². The van der Waals surface area contributed by atoms with E-state index in [-0.39, 0.29) is 11.8 Å². The van der Waals surface area contributed by atoms with E-state index in [1.807, 2.05) is 62.1 Å². The molecule has 1 N–H and O–H groups in total. The number of carbonyl (C=O) groups excluding carboxylic acids is 1. The Labute approximate surface area is 195 Å². The van der Waals surface area contributed by atoms with Gasteiger partial charge in [0.25, 0.3) is 5.91 Å². The molecule has 0 aliphatic carbocycles. The number of ether oxygens (including phenoxy) is 1. The molecule has 172 valence electrons. The highest BCUT2D eigenvalue weighted by atomic mass is 16.5. The number of pyridine rings is 1. The van der Waals surface area contributed by atoms with Crippen molar-refractivity contribution in [2.24, 2.45) is 0 Å². The van der Waals surface area contributed by atoms with E-state index in [4.69, 9.17) is 9.72 Å². The Hall–Kier alpha value is -3.32. The number of piperidine rings is 1. The van der Waals surface area contributed by atoms with Crippen LogP contribution in [-0.2, 0) is 11.3 Å². The first-order valence-electron chi connectivity index (χ1n) is 11.4. The zero-order valence-corrected chi connectivity index (χ0v) is 19.8. The number of benzene rings is 1. The zero-order chi connectivity index (χ0) is 23.4. The number of likely N-dealkylation sites (tertiary alicyclic amines) is 1. The van der Waals surface area contributed by atoms with E-state index >= 15 is 0 Å². The molecule has 0 spiro atoms. The van der Waals surface area contributed by atoms with E-state index in [0.717, 1.165) is 53.4 Å². The maximum atomic E-state index is 13.1. The minimum absolute atomic E-state index is 0.0679. The molecule has 7 heteroatoms. The fourth-order valence-corrected chi connectivity index (χ4v) is 4.38. The Kier molecular flexibility index (Phi) is 6.99. The third-order valence-corrected chi connectivity index (χ3v) is 5.85. The molecule has 7 nitrogen and oxygen atoms in total. The lowest BCUT2D eigenvalue weighted by atomic mass is 9.93. The molecule has 1 saturated heterocycles. The summed E-state index contributed by atoms with van der Waals surface area (Å²) in [4.78, 5) is 28.8. The predicted molar refractivity (Wildman–Crippen MR) is 129 cm³/mol. The molecule has 33 heavy (non-hydrogen) atoms. The SMILES string of the molecule is COCc1ccc(C(=O)N2CCCC(c3cc(Nc4nc(C)cc(C)n4)cc(C)n3)C2)cc1. The molecular formula is C26H31N5O2. The molecule has 1 aliphatic rings. The maximum Gasteiger partial charge on any atom is 0.253 e. The van der Waals surface area contributed by atoms with E-state index in [9.17, 15) is 4.79 Å². The standard InChI is InChI=1S/C26H31N5O2/c1-17-12-18(2)29-26(28-17)30-23-13-19(3)27-24(14-23)22-6-5-11-31(15-22)25(32)21-9-7-20(8-10-21)16-33-4/h7-10,12-14,22H,5-6,11,15-16H2,1-4H3,(H,27,28,29,30). The lowest BCUT2D eigenvalue weighted by molar-refractivity contribution is 0.0706. The second-order valence-electron chi connectivity index (χ2n) is 8.74. The monoisotopic (exact) mass is 445 g/mol. The van der Waals surface area contributed by atoms with Gasteiger partial charge in [-0.2, -0.15) is 0 Å². The van der Waals surface area contributed by atoms with E-state index in [2.05, 4.69) is 21.4 Å². The van der Waals surface area contributed by atoms with Crippen molar-refractivity contribution in [1.29, 1.82) is 0 Å². The van der Waals surface area contributed by atoms with Crippen molar-refractivity contribution < 1.29 is 9.53 Å². The topological polar surface area (TPSA) is 80.2 Å². The number of aryl methyl sites for hydroxylation is 3. The molecule has 1 unspecified atom stereocenters. The first kappa shape index (κ1) is 22.9. The average Bonchev–Trinajstić information content (AvgIpc) is 2.78. The number of nitrogens with zero attached hydrogens (tertiary/aromatic N) is 4. The largest absolute Gasteiger partial charge is 0.380 e. The molecule has 0 bridgehead atoms. The van der Waals surface area contributed by atoms with Gasteiger partial charge in [0.05, 0.1) is 6.61 Å². The van der Waals surface area contributed by atoms with E-state index < -0.39 is 0 Å². The van der Waals surface area contributed by atoms with Gasteiger partial charge in [0.1, 0.15) is 0 Å². The van der Waals surface area contributed by atoms with Gasteiger partial charge >= 0.3 is 0 Å². The smallest absolute Gasteiger partial charge is 0.253 e. The van der Waals surface area contributed by atoms with Crippen molar-refractivity contribution in [2.75, 3.05) is 25.5 Å². The van der Waals surface area contributed by atoms with E-state index in [1.165, 1.54) is 0 Å². The summed E-state index contributed by atoms with van der Waals surface area (Å²) < 4.78 is 5.16. The number of anilines is 2. The van der Waals surface area contributed by atoms with Gasteiger partial charge in [0.15, 0.2) is 0 Å². The number of aromatic nitrogens is 3. The van der Waals surface area contributed by atoms with Crippen LogP contribution in [0.1, 0.15) is 57.5 Å². The summed E-state index contributed by atoms with van der Waals surface area (Å²) in [5.74, 6) is 0.843. The van der Waals surface area contributed by atoms with Crippen LogP contribution in [0.3, 0.4) is 0 Å². The Morgan fingerprint density at radius 2 is 1.73 bits per heavy atom. The Balaban J connectivity index is 1.50. The van der Waals surface area contributed by atoms with Crippen LogP contribution >= 0.6 is 0 Å². The van der Waals surface area contributed by atoms with Crippen LogP contribution in [-0.4, -0.2) is 46.0 Å². The van der Waals surface area contributed by atoms with Crippen LogP contribution < -0.4 is 5.32 Å². The molecule has 1 fully saturated rings. The molecule has 1 aromatic carbocycles. The summed E-state index contributed by atoms with van der Waals surface area (Å²) in [5.41, 5.74) is 6.45. The molecule has 0 radical (unpaired) electrons. The molecule has 1 amide bonds. The zero-order valence-electron chi connectivity index (χ0n) is 19.8. The van der Waals surface area contributed by atoms with Crippen molar-refractivity contribution >= 4 is 17.5 Å². The highest BCUT2D eigenvalue weighted by Gasteiger charge is 2.26. The fraction of sp³-hybridized carbons (Fsp3) is 0.385. The number of methoxy groups -OCH3 is 1. The quantitative estimate of drug-likeness (QED) is 0.592. The van der Waals surface area contributed by atoms with Gasteiger partial charge in [-0.25, -0.2) is 9.97 Å². The van der Waals surface area contributed by atoms with Crippen molar-refractivity contribution in [1.82, 2.24) is 19.9 Å². The molecule has 0 saturated carbocycles. The summed E-state index contributed by atoms with van der Waals surface area (Å²) >= 11 is 0. The molecule has 1 atom stereocenters. The summed E-state index contributed by atoms with van der Waals surface area (Å²) in [6.07, 6.45) is 1.96. The van der Waals surface area contributed by atoms with Gasteiger partial charge in [-0.15, -0.1) is 0 Å². The molecule has 1 aliphatic heterocycles. The molecule has 3 aromatic rings. The van der Waals surface area contributed by atoms with Crippen LogP contribution in [0.25, 0.3) is 0 Å².